The molecular formula is C26H28N4O2S2. The fourth-order valence-electron chi connectivity index (χ4n) is 3.80. The van der Waals surface area contributed by atoms with E-state index < -0.39 is 0 Å². The van der Waals surface area contributed by atoms with E-state index in [0.717, 1.165) is 36.0 Å². The lowest BCUT2D eigenvalue weighted by Gasteiger charge is -2.14. The predicted molar refractivity (Wildman–Crippen MR) is 144 cm³/mol. The molecule has 1 saturated heterocycles. The second-order valence-electron chi connectivity index (χ2n) is 8.45. The number of hydrogen-bond donors (Lipinski definition) is 1. The van der Waals surface area contributed by atoms with Gasteiger partial charge in [-0.15, -0.1) is 0 Å². The molecular weight excluding hydrogens is 464 g/mol. The van der Waals surface area contributed by atoms with E-state index in [1.54, 1.807) is 17.2 Å². The Morgan fingerprint density at radius 1 is 1.12 bits per heavy atom. The number of pyridine rings is 1. The number of nitrogens with one attached hydrogen (secondary N) is 1. The zero-order chi connectivity index (χ0) is 24.2. The molecule has 4 rings (SSSR count). The first-order chi connectivity index (χ1) is 16.4. The highest BCUT2D eigenvalue weighted by atomic mass is 32.2. The molecule has 0 atom stereocenters. The quantitative estimate of drug-likeness (QED) is 0.261. The molecule has 1 amide bonds. The Bertz CT molecular complexity index is 1330. The van der Waals surface area contributed by atoms with Crippen molar-refractivity contribution in [2.75, 3.05) is 11.9 Å². The van der Waals surface area contributed by atoms with Crippen molar-refractivity contribution in [2.24, 2.45) is 0 Å². The molecule has 1 aliphatic heterocycles. The number of carbonyl (C=O) groups is 1. The van der Waals surface area contributed by atoms with Gasteiger partial charge in [-0.3, -0.25) is 18.9 Å². The Kier molecular flexibility index (Phi) is 7.48. The molecule has 1 fully saturated rings. The third kappa shape index (κ3) is 5.08. The van der Waals surface area contributed by atoms with Crippen molar-refractivity contribution in [1.29, 1.82) is 0 Å². The summed E-state index contributed by atoms with van der Waals surface area (Å²) in [6.07, 6.45) is 6.51. The summed E-state index contributed by atoms with van der Waals surface area (Å²) in [6, 6.07) is 11.8. The van der Waals surface area contributed by atoms with Gasteiger partial charge in [0.05, 0.1) is 17.0 Å². The molecule has 3 heterocycles. The van der Waals surface area contributed by atoms with E-state index in [-0.39, 0.29) is 11.5 Å². The molecule has 34 heavy (non-hydrogen) atoms. The van der Waals surface area contributed by atoms with Gasteiger partial charge in [-0.25, -0.2) is 4.98 Å². The maximum atomic E-state index is 13.4. The highest BCUT2D eigenvalue weighted by molar-refractivity contribution is 8.26. The van der Waals surface area contributed by atoms with Gasteiger partial charge in [-0.2, -0.15) is 0 Å². The Morgan fingerprint density at radius 3 is 2.62 bits per heavy atom. The molecule has 2 aromatic heterocycles. The second kappa shape index (κ2) is 10.5. The number of unbranched alkanes of at least 4 members (excludes halogenated alkanes) is 2. The summed E-state index contributed by atoms with van der Waals surface area (Å²) in [7, 11) is 0. The van der Waals surface area contributed by atoms with E-state index in [0.29, 0.717) is 39.3 Å². The summed E-state index contributed by atoms with van der Waals surface area (Å²) in [5, 5.41) is 3.33. The summed E-state index contributed by atoms with van der Waals surface area (Å²) < 4.78 is 2.02. The first-order valence-electron chi connectivity index (χ1n) is 11.5. The van der Waals surface area contributed by atoms with Crippen molar-refractivity contribution in [2.45, 2.75) is 46.6 Å². The molecule has 0 saturated carbocycles. The summed E-state index contributed by atoms with van der Waals surface area (Å²) in [5.41, 5.74) is 3.84. The van der Waals surface area contributed by atoms with E-state index in [4.69, 9.17) is 17.2 Å². The number of nitrogens with zero attached hydrogens (tertiary/aromatic N) is 3. The number of aryl methyl sites for hydroxylation is 2. The number of rotatable bonds is 8. The summed E-state index contributed by atoms with van der Waals surface area (Å²) in [6.45, 7) is 7.21. The fraction of sp³-hybridized carbons (Fsp3) is 0.308. The van der Waals surface area contributed by atoms with E-state index in [1.165, 1.54) is 16.2 Å². The van der Waals surface area contributed by atoms with Crippen LogP contribution in [0.2, 0.25) is 0 Å². The molecule has 8 heteroatoms. The number of anilines is 1. The molecule has 0 aliphatic carbocycles. The van der Waals surface area contributed by atoms with Crippen molar-refractivity contribution in [3.8, 4) is 0 Å². The summed E-state index contributed by atoms with van der Waals surface area (Å²) in [5.74, 6) is 0.306. The van der Waals surface area contributed by atoms with Crippen LogP contribution in [0.5, 0.6) is 0 Å². The first kappa shape index (κ1) is 24.2. The minimum absolute atomic E-state index is 0.193. The van der Waals surface area contributed by atoms with Crippen LogP contribution in [0.25, 0.3) is 11.7 Å². The molecule has 3 aromatic rings. The number of fused-ring (bicyclic) bond motifs is 1. The number of thioether (sulfide) groups is 1. The van der Waals surface area contributed by atoms with Crippen LogP contribution in [-0.4, -0.2) is 31.1 Å². The number of benzene rings is 1. The minimum Gasteiger partial charge on any atom is -0.369 e. The van der Waals surface area contributed by atoms with E-state index in [1.807, 2.05) is 50.2 Å². The van der Waals surface area contributed by atoms with Crippen molar-refractivity contribution in [3.63, 3.8) is 0 Å². The van der Waals surface area contributed by atoms with Crippen molar-refractivity contribution >= 4 is 51.7 Å². The Balaban J connectivity index is 1.70. The molecule has 1 aromatic carbocycles. The molecule has 0 bridgehead atoms. The van der Waals surface area contributed by atoms with Gasteiger partial charge in [0.2, 0.25) is 0 Å². The topological polar surface area (TPSA) is 66.7 Å². The second-order valence-corrected chi connectivity index (χ2v) is 10.1. The first-order valence-corrected chi connectivity index (χ1v) is 12.7. The zero-order valence-corrected chi connectivity index (χ0v) is 21.3. The largest absolute Gasteiger partial charge is 0.369 e. The molecule has 1 N–H and O–H groups in total. The smallest absolute Gasteiger partial charge is 0.267 e. The van der Waals surface area contributed by atoms with Gasteiger partial charge in [0.15, 0.2) is 0 Å². The van der Waals surface area contributed by atoms with Gasteiger partial charge in [0.25, 0.3) is 11.5 Å². The summed E-state index contributed by atoms with van der Waals surface area (Å²) >= 11 is 6.73. The lowest BCUT2D eigenvalue weighted by Crippen LogP contribution is -2.27. The maximum Gasteiger partial charge on any atom is 0.267 e. The normalized spacial score (nSPS) is 15.0. The predicted octanol–water partition coefficient (Wildman–Crippen LogP) is 5.31. The molecule has 1 aliphatic rings. The highest BCUT2D eigenvalue weighted by Gasteiger charge is 2.32. The maximum absolute atomic E-state index is 13.4. The van der Waals surface area contributed by atoms with Gasteiger partial charge < -0.3 is 5.32 Å². The summed E-state index contributed by atoms with van der Waals surface area (Å²) in [4.78, 5) is 33.4. The van der Waals surface area contributed by atoms with Crippen molar-refractivity contribution in [1.82, 2.24) is 14.3 Å². The molecule has 0 unspecified atom stereocenters. The standard InChI is InChI=1S/C26H28N4O2S2/c1-4-5-6-13-27-22-20(24(31)29-14-7-8-18(3)23(29)28-22)15-21-25(32)30(26(33)34-21)16-19-11-9-17(2)10-12-19/h7-12,14-15,27H,4-6,13,16H2,1-3H3. The third-order valence-corrected chi connectivity index (χ3v) is 7.15. The van der Waals surface area contributed by atoms with Gasteiger partial charge in [-0.1, -0.05) is 79.6 Å². The van der Waals surface area contributed by atoms with Crippen LogP contribution in [0.4, 0.5) is 5.82 Å². The lowest BCUT2D eigenvalue weighted by atomic mass is 10.1. The van der Waals surface area contributed by atoms with Crippen molar-refractivity contribution < 1.29 is 4.79 Å². The van der Waals surface area contributed by atoms with Crippen LogP contribution in [0, 0.1) is 13.8 Å². The monoisotopic (exact) mass is 492 g/mol. The molecule has 0 radical (unpaired) electrons. The number of aromatic nitrogens is 2. The average Bonchev–Trinajstić information content (AvgIpc) is 3.08. The van der Waals surface area contributed by atoms with Crippen LogP contribution in [0.1, 0.15) is 48.4 Å². The number of carbonyl (C=O) groups excluding carboxylic acids is 1. The Hall–Kier alpha value is -2.97. The van der Waals surface area contributed by atoms with E-state index >= 15 is 0 Å². The highest BCUT2D eigenvalue weighted by Crippen LogP contribution is 2.34. The van der Waals surface area contributed by atoms with Crippen LogP contribution in [-0.2, 0) is 11.3 Å². The van der Waals surface area contributed by atoms with Gasteiger partial charge in [-0.05, 0) is 43.5 Å². The molecule has 176 valence electrons. The Morgan fingerprint density at radius 2 is 1.88 bits per heavy atom. The van der Waals surface area contributed by atoms with Crippen LogP contribution in [0.15, 0.2) is 52.3 Å². The number of amides is 1. The van der Waals surface area contributed by atoms with Gasteiger partial charge in [0.1, 0.15) is 15.8 Å². The Labute approximate surface area is 209 Å². The van der Waals surface area contributed by atoms with Crippen LogP contribution >= 0.6 is 24.0 Å². The third-order valence-electron chi connectivity index (χ3n) is 5.77. The fourth-order valence-corrected chi connectivity index (χ4v) is 5.04. The van der Waals surface area contributed by atoms with E-state index in [2.05, 4.69) is 12.2 Å². The molecule has 0 spiro atoms. The van der Waals surface area contributed by atoms with Crippen LogP contribution < -0.4 is 10.9 Å². The van der Waals surface area contributed by atoms with Gasteiger partial charge in [0, 0.05) is 12.7 Å². The number of hydrogen-bond acceptors (Lipinski definition) is 6. The lowest BCUT2D eigenvalue weighted by molar-refractivity contribution is -0.122. The zero-order valence-electron chi connectivity index (χ0n) is 19.6. The van der Waals surface area contributed by atoms with Crippen molar-refractivity contribution in [3.05, 3.63) is 80.1 Å². The van der Waals surface area contributed by atoms with Crippen LogP contribution in [0.3, 0.4) is 0 Å². The number of thiocarbonyl (C=S) groups is 1. The van der Waals surface area contributed by atoms with Gasteiger partial charge >= 0.3 is 0 Å². The van der Waals surface area contributed by atoms with E-state index in [9.17, 15) is 9.59 Å². The molecule has 6 nitrogen and oxygen atoms in total. The minimum atomic E-state index is -0.213. The average molecular weight is 493 g/mol. The SMILES string of the molecule is CCCCCNc1nc2c(C)cccn2c(=O)c1C=C1SC(=S)N(Cc2ccc(C)cc2)C1=O.